The molecule has 0 aromatic carbocycles. The highest BCUT2D eigenvalue weighted by atomic mass is 16.5. The predicted molar refractivity (Wildman–Crippen MR) is 65.8 cm³/mol. The van der Waals surface area contributed by atoms with E-state index in [-0.39, 0.29) is 0 Å². The first-order valence-corrected chi connectivity index (χ1v) is 6.49. The Balaban J connectivity index is 1.95. The molecule has 0 saturated carbocycles. The second kappa shape index (κ2) is 6.12. The fraction of sp³-hybridized carbons (Fsp3) is 0.833. The van der Waals surface area contributed by atoms with Gasteiger partial charge in [-0.3, -0.25) is 4.68 Å². The number of hydrogen-bond donors (Lipinski definition) is 1. The molecule has 0 bridgehead atoms. The van der Waals surface area contributed by atoms with E-state index in [0.717, 1.165) is 31.7 Å². The summed E-state index contributed by atoms with van der Waals surface area (Å²) in [5, 5.41) is 11.6. The Labute approximate surface area is 103 Å². The topological polar surface area (TPSA) is 52.0 Å². The van der Waals surface area contributed by atoms with Gasteiger partial charge >= 0.3 is 0 Å². The van der Waals surface area contributed by atoms with Crippen molar-refractivity contribution in [3.63, 3.8) is 0 Å². The van der Waals surface area contributed by atoms with Crippen molar-refractivity contribution in [2.75, 3.05) is 13.2 Å². The van der Waals surface area contributed by atoms with Crippen molar-refractivity contribution in [2.24, 2.45) is 7.05 Å². The van der Waals surface area contributed by atoms with Gasteiger partial charge in [0.2, 0.25) is 0 Å². The van der Waals surface area contributed by atoms with Crippen LogP contribution in [0.2, 0.25) is 0 Å². The third-order valence-corrected chi connectivity index (χ3v) is 3.21. The van der Waals surface area contributed by atoms with E-state index in [4.69, 9.17) is 4.74 Å². The fourth-order valence-electron chi connectivity index (χ4n) is 2.39. The lowest BCUT2D eigenvalue weighted by Gasteiger charge is -2.30. The van der Waals surface area contributed by atoms with Gasteiger partial charge in [-0.05, 0) is 25.8 Å². The Kier molecular flexibility index (Phi) is 4.50. The molecule has 1 aliphatic rings. The Bertz CT molecular complexity index is 333. The molecule has 2 unspecified atom stereocenters. The highest BCUT2D eigenvalue weighted by molar-refractivity contribution is 4.98. The standard InChI is InChI=1S/C12H22N4O/c1-3-13-11(12-6-4-5-7-17-12)8-10-9-16(2)15-14-10/h9,11-13H,3-8H2,1-2H3. The summed E-state index contributed by atoms with van der Waals surface area (Å²) < 4.78 is 7.60. The van der Waals surface area contributed by atoms with Gasteiger partial charge in [-0.15, -0.1) is 5.10 Å². The van der Waals surface area contributed by atoms with Crippen LogP contribution in [0, 0.1) is 0 Å². The molecule has 1 N–H and O–H groups in total. The van der Waals surface area contributed by atoms with E-state index in [1.54, 1.807) is 4.68 Å². The minimum atomic E-state index is 0.325. The van der Waals surface area contributed by atoms with Gasteiger partial charge in [0.15, 0.2) is 0 Å². The number of hydrogen-bond acceptors (Lipinski definition) is 4. The third-order valence-electron chi connectivity index (χ3n) is 3.21. The predicted octanol–water partition coefficient (Wildman–Crippen LogP) is 0.905. The molecule has 0 radical (unpaired) electrons. The molecule has 0 amide bonds. The zero-order chi connectivity index (χ0) is 12.1. The summed E-state index contributed by atoms with van der Waals surface area (Å²) in [5.41, 5.74) is 1.03. The highest BCUT2D eigenvalue weighted by Gasteiger charge is 2.24. The molecule has 5 nitrogen and oxygen atoms in total. The molecule has 1 fully saturated rings. The van der Waals surface area contributed by atoms with E-state index in [0.29, 0.717) is 12.1 Å². The molecular weight excluding hydrogens is 216 g/mol. The number of likely N-dealkylation sites (N-methyl/N-ethyl adjacent to an activating group) is 1. The molecule has 96 valence electrons. The van der Waals surface area contributed by atoms with Gasteiger partial charge in [0, 0.05) is 32.3 Å². The number of rotatable bonds is 5. The van der Waals surface area contributed by atoms with Crippen LogP contribution < -0.4 is 5.32 Å². The van der Waals surface area contributed by atoms with E-state index in [9.17, 15) is 0 Å². The Morgan fingerprint density at radius 3 is 3.06 bits per heavy atom. The number of nitrogens with one attached hydrogen (secondary N) is 1. The van der Waals surface area contributed by atoms with Crippen molar-refractivity contribution >= 4 is 0 Å². The molecule has 17 heavy (non-hydrogen) atoms. The van der Waals surface area contributed by atoms with Crippen LogP contribution in [0.5, 0.6) is 0 Å². The Hall–Kier alpha value is -0.940. The summed E-state index contributed by atoms with van der Waals surface area (Å²) in [5.74, 6) is 0. The first-order valence-electron chi connectivity index (χ1n) is 6.49. The summed E-state index contributed by atoms with van der Waals surface area (Å²) in [6, 6.07) is 0.358. The van der Waals surface area contributed by atoms with Crippen LogP contribution >= 0.6 is 0 Å². The first-order chi connectivity index (χ1) is 8.29. The zero-order valence-electron chi connectivity index (χ0n) is 10.7. The first kappa shape index (κ1) is 12.5. The van der Waals surface area contributed by atoms with E-state index in [2.05, 4.69) is 22.6 Å². The monoisotopic (exact) mass is 238 g/mol. The van der Waals surface area contributed by atoms with Crippen LogP contribution in [0.3, 0.4) is 0 Å². The minimum Gasteiger partial charge on any atom is -0.377 e. The summed E-state index contributed by atoms with van der Waals surface area (Å²) >= 11 is 0. The number of nitrogens with zero attached hydrogens (tertiary/aromatic N) is 3. The molecule has 1 aromatic heterocycles. The third kappa shape index (κ3) is 3.51. The molecule has 0 spiro atoms. The average molecular weight is 238 g/mol. The quantitative estimate of drug-likeness (QED) is 0.828. The van der Waals surface area contributed by atoms with Crippen molar-refractivity contribution in [1.29, 1.82) is 0 Å². The largest absolute Gasteiger partial charge is 0.377 e. The molecule has 1 saturated heterocycles. The van der Waals surface area contributed by atoms with E-state index >= 15 is 0 Å². The van der Waals surface area contributed by atoms with Crippen LogP contribution in [-0.2, 0) is 18.2 Å². The molecule has 2 heterocycles. The lowest BCUT2D eigenvalue weighted by atomic mass is 9.98. The molecule has 5 heteroatoms. The van der Waals surface area contributed by atoms with Crippen molar-refractivity contribution in [3.05, 3.63) is 11.9 Å². The van der Waals surface area contributed by atoms with Crippen LogP contribution in [0.15, 0.2) is 6.20 Å². The second-order valence-electron chi connectivity index (χ2n) is 4.66. The summed E-state index contributed by atoms with van der Waals surface area (Å²) in [6.45, 7) is 3.99. The summed E-state index contributed by atoms with van der Waals surface area (Å²) in [6.07, 6.45) is 6.82. The van der Waals surface area contributed by atoms with E-state index < -0.39 is 0 Å². The normalized spacial score (nSPS) is 22.6. The molecule has 0 aliphatic carbocycles. The molecule has 1 aliphatic heterocycles. The van der Waals surface area contributed by atoms with Crippen molar-refractivity contribution in [1.82, 2.24) is 20.3 Å². The Morgan fingerprint density at radius 1 is 1.59 bits per heavy atom. The summed E-state index contributed by atoms with van der Waals surface area (Å²) in [7, 11) is 1.90. The summed E-state index contributed by atoms with van der Waals surface area (Å²) in [4.78, 5) is 0. The SMILES string of the molecule is CCNC(Cc1cn(C)nn1)C1CCCCO1. The minimum absolute atomic E-state index is 0.325. The number of aromatic nitrogens is 3. The van der Waals surface area contributed by atoms with Crippen molar-refractivity contribution < 1.29 is 4.74 Å². The highest BCUT2D eigenvalue weighted by Crippen LogP contribution is 2.18. The van der Waals surface area contributed by atoms with Gasteiger partial charge in [0.05, 0.1) is 11.8 Å². The van der Waals surface area contributed by atoms with Gasteiger partial charge in [-0.25, -0.2) is 0 Å². The van der Waals surface area contributed by atoms with Crippen LogP contribution in [0.4, 0.5) is 0 Å². The van der Waals surface area contributed by atoms with Crippen molar-refractivity contribution in [3.8, 4) is 0 Å². The van der Waals surface area contributed by atoms with Crippen LogP contribution in [0.1, 0.15) is 31.9 Å². The second-order valence-corrected chi connectivity index (χ2v) is 4.66. The fourth-order valence-corrected chi connectivity index (χ4v) is 2.39. The van der Waals surface area contributed by atoms with E-state index in [1.165, 1.54) is 12.8 Å². The molecular formula is C12H22N4O. The van der Waals surface area contributed by atoms with Gasteiger partial charge in [0.1, 0.15) is 0 Å². The molecule has 1 aromatic rings. The van der Waals surface area contributed by atoms with Crippen LogP contribution in [0.25, 0.3) is 0 Å². The maximum absolute atomic E-state index is 5.85. The zero-order valence-corrected chi connectivity index (χ0v) is 10.7. The average Bonchev–Trinajstić information content (AvgIpc) is 2.75. The van der Waals surface area contributed by atoms with Gasteiger partial charge < -0.3 is 10.1 Å². The van der Waals surface area contributed by atoms with Gasteiger partial charge in [-0.1, -0.05) is 12.1 Å². The maximum Gasteiger partial charge on any atom is 0.0843 e. The maximum atomic E-state index is 5.85. The lowest BCUT2D eigenvalue weighted by Crippen LogP contribution is -2.44. The number of aryl methyl sites for hydroxylation is 1. The Morgan fingerprint density at radius 2 is 2.47 bits per heavy atom. The van der Waals surface area contributed by atoms with Crippen LogP contribution in [-0.4, -0.2) is 40.3 Å². The van der Waals surface area contributed by atoms with E-state index in [1.807, 2.05) is 13.2 Å². The molecule has 2 rings (SSSR count). The molecule has 2 atom stereocenters. The van der Waals surface area contributed by atoms with Gasteiger partial charge in [0.25, 0.3) is 0 Å². The van der Waals surface area contributed by atoms with Crippen molar-refractivity contribution in [2.45, 2.75) is 44.8 Å². The number of ether oxygens (including phenoxy) is 1. The van der Waals surface area contributed by atoms with Gasteiger partial charge in [-0.2, -0.15) is 0 Å². The smallest absolute Gasteiger partial charge is 0.0843 e. The lowest BCUT2D eigenvalue weighted by molar-refractivity contribution is -0.00728.